The molecule has 0 aliphatic heterocycles. The molecule has 1 aromatic heterocycles. The monoisotopic (exact) mass is 293 g/mol. The number of benzene rings is 1. The lowest BCUT2D eigenvalue weighted by Crippen LogP contribution is -2.18. The molecule has 2 aromatic rings. The zero-order chi connectivity index (χ0) is 14.7. The molecule has 0 aliphatic rings. The Kier molecular flexibility index (Phi) is 4.73. The van der Waals surface area contributed by atoms with E-state index in [9.17, 15) is 0 Å². The van der Waals surface area contributed by atoms with Crippen LogP contribution in [0.25, 0.3) is 0 Å². The molecular weight excluding hydrogens is 274 g/mol. The summed E-state index contributed by atoms with van der Waals surface area (Å²) in [5.41, 5.74) is 7.84. The third-order valence-electron chi connectivity index (χ3n) is 3.26. The van der Waals surface area contributed by atoms with Gasteiger partial charge in [0.25, 0.3) is 0 Å². The van der Waals surface area contributed by atoms with Crippen LogP contribution in [-0.2, 0) is 0 Å². The van der Waals surface area contributed by atoms with Gasteiger partial charge < -0.3 is 14.9 Å². The normalized spacial score (nSPS) is 12.7. The van der Waals surface area contributed by atoms with Crippen molar-refractivity contribution in [1.82, 2.24) is 0 Å². The fourth-order valence-corrected chi connectivity index (χ4v) is 2.52. The van der Waals surface area contributed by atoms with Crippen LogP contribution in [0.4, 0.5) is 0 Å². The molecule has 1 aromatic carbocycles. The molecule has 0 bridgehead atoms. The van der Waals surface area contributed by atoms with Crippen molar-refractivity contribution < 1.29 is 9.15 Å². The van der Waals surface area contributed by atoms with Crippen LogP contribution in [-0.4, -0.2) is 6.54 Å². The summed E-state index contributed by atoms with van der Waals surface area (Å²) in [6, 6.07) is 7.62. The first-order chi connectivity index (χ1) is 9.52. The highest BCUT2D eigenvalue weighted by molar-refractivity contribution is 6.31. The molecule has 0 saturated carbocycles. The highest BCUT2D eigenvalue weighted by Crippen LogP contribution is 2.33. The zero-order valence-electron chi connectivity index (χ0n) is 12.0. The summed E-state index contributed by atoms with van der Waals surface area (Å²) in [5, 5.41) is 0.771. The Bertz CT molecular complexity index is 564. The number of aryl methyl sites for hydroxylation is 1. The predicted molar refractivity (Wildman–Crippen MR) is 81.4 cm³/mol. The van der Waals surface area contributed by atoms with E-state index in [1.54, 1.807) is 6.26 Å². The fourth-order valence-electron chi connectivity index (χ4n) is 2.09. The Labute approximate surface area is 124 Å². The first kappa shape index (κ1) is 14.9. The Morgan fingerprint density at radius 3 is 2.65 bits per heavy atom. The third-order valence-corrected chi connectivity index (χ3v) is 3.59. The van der Waals surface area contributed by atoms with Gasteiger partial charge in [0.2, 0.25) is 0 Å². The number of hydrogen-bond donors (Lipinski definition) is 1. The molecular formula is C16H20ClNO2. The largest absolute Gasteiger partial charge is 0.481 e. The average molecular weight is 294 g/mol. The van der Waals surface area contributed by atoms with Crippen molar-refractivity contribution in [2.24, 2.45) is 5.73 Å². The van der Waals surface area contributed by atoms with Crippen molar-refractivity contribution in [3.63, 3.8) is 0 Å². The second-order valence-corrected chi connectivity index (χ2v) is 5.56. The molecule has 0 amide bonds. The first-order valence-electron chi connectivity index (χ1n) is 6.73. The molecule has 0 fully saturated rings. The van der Waals surface area contributed by atoms with Crippen LogP contribution in [0, 0.1) is 6.92 Å². The highest BCUT2D eigenvalue weighted by atomic mass is 35.5. The molecule has 3 nitrogen and oxygen atoms in total. The number of rotatable bonds is 5. The molecule has 0 aliphatic carbocycles. The minimum atomic E-state index is -0.287. The molecule has 4 heteroatoms. The number of hydrogen-bond acceptors (Lipinski definition) is 3. The number of furan rings is 1. The maximum atomic E-state index is 6.27. The average Bonchev–Trinajstić information content (AvgIpc) is 2.91. The Hall–Kier alpha value is -1.45. The lowest BCUT2D eigenvalue weighted by atomic mass is 10.0. The van der Waals surface area contributed by atoms with Crippen molar-refractivity contribution in [3.05, 3.63) is 52.4 Å². The summed E-state index contributed by atoms with van der Waals surface area (Å²) in [5.74, 6) is 1.86. The summed E-state index contributed by atoms with van der Waals surface area (Å²) in [6.07, 6.45) is 1.33. The molecule has 2 rings (SSSR count). The second-order valence-electron chi connectivity index (χ2n) is 5.15. The van der Waals surface area contributed by atoms with E-state index in [2.05, 4.69) is 13.8 Å². The van der Waals surface area contributed by atoms with E-state index in [-0.39, 0.29) is 6.10 Å². The second kappa shape index (κ2) is 6.33. The number of ether oxygens (including phenoxy) is 1. The SMILES string of the molecule is Cc1cc(Cl)c(C(C)C)cc1OC(CN)c1ccco1. The minimum absolute atomic E-state index is 0.287. The maximum Gasteiger partial charge on any atom is 0.168 e. The topological polar surface area (TPSA) is 48.4 Å². The molecule has 0 saturated heterocycles. The van der Waals surface area contributed by atoms with Crippen LogP contribution in [0.15, 0.2) is 34.9 Å². The van der Waals surface area contributed by atoms with E-state index in [4.69, 9.17) is 26.5 Å². The van der Waals surface area contributed by atoms with Crippen LogP contribution in [0.5, 0.6) is 5.75 Å². The summed E-state index contributed by atoms with van der Waals surface area (Å²) in [4.78, 5) is 0. The predicted octanol–water partition coefficient (Wildman–Crippen LogP) is 4.44. The van der Waals surface area contributed by atoms with Gasteiger partial charge in [0.05, 0.1) is 6.26 Å². The lowest BCUT2D eigenvalue weighted by molar-refractivity contribution is 0.182. The van der Waals surface area contributed by atoms with Crippen LogP contribution in [0.1, 0.15) is 42.8 Å². The van der Waals surface area contributed by atoms with E-state index in [1.165, 1.54) is 0 Å². The zero-order valence-corrected chi connectivity index (χ0v) is 12.8. The summed E-state index contributed by atoms with van der Waals surface area (Å²) < 4.78 is 11.4. The molecule has 0 radical (unpaired) electrons. The van der Waals surface area contributed by atoms with Crippen LogP contribution < -0.4 is 10.5 Å². The van der Waals surface area contributed by atoms with Crippen molar-refractivity contribution in [3.8, 4) is 5.75 Å². The molecule has 0 spiro atoms. The highest BCUT2D eigenvalue weighted by Gasteiger charge is 2.17. The van der Waals surface area contributed by atoms with Gasteiger partial charge in [0.1, 0.15) is 11.5 Å². The van der Waals surface area contributed by atoms with Gasteiger partial charge in [-0.15, -0.1) is 0 Å². The molecule has 20 heavy (non-hydrogen) atoms. The van der Waals surface area contributed by atoms with Crippen molar-refractivity contribution in [2.45, 2.75) is 32.8 Å². The van der Waals surface area contributed by atoms with Gasteiger partial charge in [-0.25, -0.2) is 0 Å². The standard InChI is InChI=1S/C16H20ClNO2/c1-10(2)12-8-15(11(3)7-13(12)17)20-16(9-18)14-5-4-6-19-14/h4-8,10,16H,9,18H2,1-3H3. The first-order valence-corrected chi connectivity index (χ1v) is 7.11. The Morgan fingerprint density at radius 2 is 2.10 bits per heavy atom. The maximum absolute atomic E-state index is 6.27. The van der Waals surface area contributed by atoms with E-state index >= 15 is 0 Å². The molecule has 1 unspecified atom stereocenters. The van der Waals surface area contributed by atoms with Gasteiger partial charge in [-0.1, -0.05) is 25.4 Å². The van der Waals surface area contributed by atoms with E-state index < -0.39 is 0 Å². The van der Waals surface area contributed by atoms with Gasteiger partial charge in [0, 0.05) is 11.6 Å². The minimum Gasteiger partial charge on any atom is -0.481 e. The Morgan fingerprint density at radius 1 is 1.35 bits per heavy atom. The number of nitrogens with two attached hydrogens (primary N) is 1. The molecule has 2 N–H and O–H groups in total. The van der Waals surface area contributed by atoms with Crippen molar-refractivity contribution in [1.29, 1.82) is 0 Å². The molecule has 1 atom stereocenters. The summed E-state index contributed by atoms with van der Waals surface area (Å²) >= 11 is 6.27. The van der Waals surface area contributed by atoms with Crippen LogP contribution in [0.3, 0.4) is 0 Å². The van der Waals surface area contributed by atoms with E-state index in [0.717, 1.165) is 27.7 Å². The fraction of sp³-hybridized carbons (Fsp3) is 0.375. The van der Waals surface area contributed by atoms with Gasteiger partial charge in [-0.2, -0.15) is 0 Å². The third kappa shape index (κ3) is 3.17. The van der Waals surface area contributed by atoms with Gasteiger partial charge in [-0.05, 0) is 48.2 Å². The van der Waals surface area contributed by atoms with Gasteiger partial charge in [0.15, 0.2) is 6.10 Å². The summed E-state index contributed by atoms with van der Waals surface area (Å²) in [6.45, 7) is 6.54. The summed E-state index contributed by atoms with van der Waals surface area (Å²) in [7, 11) is 0. The van der Waals surface area contributed by atoms with Gasteiger partial charge in [-0.3, -0.25) is 0 Å². The smallest absolute Gasteiger partial charge is 0.168 e. The molecule has 108 valence electrons. The van der Waals surface area contributed by atoms with Crippen molar-refractivity contribution in [2.75, 3.05) is 6.54 Å². The van der Waals surface area contributed by atoms with Gasteiger partial charge >= 0.3 is 0 Å². The lowest BCUT2D eigenvalue weighted by Gasteiger charge is -2.19. The van der Waals surface area contributed by atoms with Crippen molar-refractivity contribution >= 4 is 11.6 Å². The number of halogens is 1. The van der Waals surface area contributed by atoms with Crippen LogP contribution >= 0.6 is 11.6 Å². The van der Waals surface area contributed by atoms with E-state index in [0.29, 0.717) is 12.5 Å². The van der Waals surface area contributed by atoms with E-state index in [1.807, 2.05) is 31.2 Å². The van der Waals surface area contributed by atoms with Crippen LogP contribution in [0.2, 0.25) is 5.02 Å². The Balaban J connectivity index is 2.30. The quantitative estimate of drug-likeness (QED) is 0.886. The molecule has 1 heterocycles.